The van der Waals surface area contributed by atoms with Crippen LogP contribution in [0.25, 0.3) is 22.3 Å². The van der Waals surface area contributed by atoms with E-state index in [2.05, 4.69) is 15.3 Å². The van der Waals surface area contributed by atoms with Gasteiger partial charge in [-0.15, -0.1) is 5.10 Å². The van der Waals surface area contributed by atoms with Crippen molar-refractivity contribution in [2.24, 2.45) is 18.7 Å². The molecule has 0 radical (unpaired) electrons. The summed E-state index contributed by atoms with van der Waals surface area (Å²) in [5.41, 5.74) is 5.59. The molecule has 0 bridgehead atoms. The maximum absolute atomic E-state index is 13.9. The monoisotopic (exact) mass is 513 g/mol. The van der Waals surface area contributed by atoms with E-state index < -0.39 is 17.3 Å². The number of amides is 1. The lowest BCUT2D eigenvalue weighted by Crippen LogP contribution is -2.48. The lowest BCUT2D eigenvalue weighted by Gasteiger charge is -2.33. The fraction of sp³-hybridized carbons (Fsp3) is 0.480. The molecule has 0 atom stereocenters. The summed E-state index contributed by atoms with van der Waals surface area (Å²) in [7, 11) is 1.63. The Labute approximate surface area is 211 Å². The molecule has 12 heteroatoms. The Bertz CT molecular complexity index is 1380. The fourth-order valence-electron chi connectivity index (χ4n) is 4.72. The van der Waals surface area contributed by atoms with Crippen molar-refractivity contribution >= 4 is 16.9 Å². The standard InChI is InChI=1S/C25H26F3N7O2/c1-34-20-13-18(31-19(14-29)22(20)32-33-34)16-2-3-21(17(12-16)25(26,27)28)37-11-6-15-4-9-35(10-5-15)23(36)24(30)7-8-24/h2-3,12-13,15H,4-11,30H2,1H3. The normalized spacial score (nSPS) is 17.6. The number of hydrogen-bond acceptors (Lipinski definition) is 7. The third kappa shape index (κ3) is 4.96. The minimum Gasteiger partial charge on any atom is -0.493 e. The topological polar surface area (TPSA) is 123 Å². The molecule has 1 aliphatic carbocycles. The van der Waals surface area contributed by atoms with Crippen LogP contribution in [-0.4, -0.2) is 56.0 Å². The molecule has 3 aromatic rings. The Morgan fingerprint density at radius 1 is 1.27 bits per heavy atom. The molecule has 1 amide bonds. The lowest BCUT2D eigenvalue weighted by molar-refractivity contribution is -0.139. The Morgan fingerprint density at radius 2 is 2.00 bits per heavy atom. The zero-order valence-electron chi connectivity index (χ0n) is 20.3. The van der Waals surface area contributed by atoms with E-state index in [1.165, 1.54) is 16.8 Å². The third-order valence-electron chi connectivity index (χ3n) is 7.19. The molecule has 2 aromatic heterocycles. The van der Waals surface area contributed by atoms with Crippen LogP contribution in [0.2, 0.25) is 0 Å². The number of nitrogens with zero attached hydrogens (tertiary/aromatic N) is 6. The summed E-state index contributed by atoms with van der Waals surface area (Å²) in [5, 5.41) is 17.2. The van der Waals surface area contributed by atoms with Crippen LogP contribution in [0.15, 0.2) is 24.3 Å². The second kappa shape index (κ2) is 9.30. The predicted octanol–water partition coefficient (Wildman–Crippen LogP) is 3.42. The number of rotatable bonds is 6. The second-order valence-corrected chi connectivity index (χ2v) is 9.79. The summed E-state index contributed by atoms with van der Waals surface area (Å²) >= 11 is 0. The van der Waals surface area contributed by atoms with Gasteiger partial charge in [-0.2, -0.15) is 18.4 Å². The van der Waals surface area contributed by atoms with E-state index in [4.69, 9.17) is 10.5 Å². The molecule has 0 spiro atoms. The number of aromatic nitrogens is 4. The quantitative estimate of drug-likeness (QED) is 0.536. The zero-order valence-corrected chi connectivity index (χ0v) is 20.3. The second-order valence-electron chi connectivity index (χ2n) is 9.79. The summed E-state index contributed by atoms with van der Waals surface area (Å²) in [6.07, 6.45) is -1.06. The average Bonchev–Trinajstić information content (AvgIpc) is 3.53. The average molecular weight is 514 g/mol. The maximum atomic E-state index is 13.9. The summed E-state index contributed by atoms with van der Waals surface area (Å²) in [4.78, 5) is 18.4. The number of benzene rings is 1. The van der Waals surface area contributed by atoms with Gasteiger partial charge in [0.25, 0.3) is 0 Å². The number of nitrogens with two attached hydrogens (primary N) is 1. The minimum atomic E-state index is -4.64. The molecule has 1 saturated carbocycles. The van der Waals surface area contributed by atoms with E-state index in [1.54, 1.807) is 18.0 Å². The SMILES string of the molecule is Cn1nnc2c(C#N)nc(-c3ccc(OCCC4CCN(C(=O)C5(N)CC5)CC4)c(C(F)(F)F)c3)cc21. The Kier molecular flexibility index (Phi) is 6.27. The number of ether oxygens (including phenoxy) is 1. The number of piperidine rings is 1. The van der Waals surface area contributed by atoms with E-state index in [-0.39, 0.29) is 46.6 Å². The van der Waals surface area contributed by atoms with Gasteiger partial charge in [0.05, 0.1) is 28.9 Å². The van der Waals surface area contributed by atoms with Gasteiger partial charge in [-0.1, -0.05) is 5.21 Å². The first-order valence-electron chi connectivity index (χ1n) is 12.1. The van der Waals surface area contributed by atoms with Gasteiger partial charge in [-0.05, 0) is 62.3 Å². The first kappa shape index (κ1) is 25.0. The molecular formula is C25H26F3N7O2. The van der Waals surface area contributed by atoms with Gasteiger partial charge in [-0.25, -0.2) is 9.67 Å². The molecule has 2 fully saturated rings. The molecule has 1 saturated heterocycles. The predicted molar refractivity (Wildman–Crippen MR) is 127 cm³/mol. The van der Waals surface area contributed by atoms with Gasteiger partial charge < -0.3 is 15.4 Å². The van der Waals surface area contributed by atoms with Gasteiger partial charge in [0.15, 0.2) is 5.69 Å². The zero-order chi connectivity index (χ0) is 26.4. The van der Waals surface area contributed by atoms with Crippen molar-refractivity contribution in [2.75, 3.05) is 19.7 Å². The highest BCUT2D eigenvalue weighted by atomic mass is 19.4. The summed E-state index contributed by atoms with van der Waals surface area (Å²) < 4.78 is 48.8. The van der Waals surface area contributed by atoms with Crippen LogP contribution < -0.4 is 10.5 Å². The van der Waals surface area contributed by atoms with Crippen molar-refractivity contribution in [2.45, 2.75) is 43.8 Å². The summed E-state index contributed by atoms with van der Waals surface area (Å²) in [5.74, 6) is 0.0113. The largest absolute Gasteiger partial charge is 0.493 e. The van der Waals surface area contributed by atoms with E-state index in [1.807, 2.05) is 6.07 Å². The van der Waals surface area contributed by atoms with Crippen molar-refractivity contribution in [3.05, 3.63) is 35.5 Å². The molecule has 2 aliphatic rings. The van der Waals surface area contributed by atoms with Crippen LogP contribution in [0.4, 0.5) is 13.2 Å². The van der Waals surface area contributed by atoms with E-state index in [0.29, 0.717) is 25.0 Å². The first-order chi connectivity index (χ1) is 17.6. The van der Waals surface area contributed by atoms with Crippen LogP contribution in [-0.2, 0) is 18.0 Å². The number of carbonyl (C=O) groups excluding carboxylic acids is 1. The van der Waals surface area contributed by atoms with Gasteiger partial charge in [0, 0.05) is 25.7 Å². The molecule has 1 aromatic carbocycles. The highest BCUT2D eigenvalue weighted by Gasteiger charge is 2.48. The van der Waals surface area contributed by atoms with Crippen LogP contribution in [0.1, 0.15) is 43.4 Å². The van der Waals surface area contributed by atoms with Crippen molar-refractivity contribution in [3.8, 4) is 23.1 Å². The number of nitriles is 1. The van der Waals surface area contributed by atoms with Crippen LogP contribution in [0, 0.1) is 17.2 Å². The van der Waals surface area contributed by atoms with E-state index in [9.17, 15) is 23.2 Å². The molecular weight excluding hydrogens is 487 g/mol. The van der Waals surface area contributed by atoms with E-state index >= 15 is 0 Å². The lowest BCUT2D eigenvalue weighted by atomic mass is 9.93. The number of fused-ring (bicyclic) bond motifs is 1. The Hall–Kier alpha value is -3.72. The molecule has 9 nitrogen and oxygen atoms in total. The first-order valence-corrected chi connectivity index (χ1v) is 12.1. The number of halogens is 3. The Morgan fingerprint density at radius 3 is 2.65 bits per heavy atom. The van der Waals surface area contributed by atoms with Crippen molar-refractivity contribution < 1.29 is 22.7 Å². The summed E-state index contributed by atoms with van der Waals surface area (Å²) in [6.45, 7) is 1.35. The van der Waals surface area contributed by atoms with Crippen molar-refractivity contribution in [1.29, 1.82) is 5.26 Å². The number of aryl methyl sites for hydroxylation is 1. The fourth-order valence-corrected chi connectivity index (χ4v) is 4.72. The molecule has 3 heterocycles. The summed E-state index contributed by atoms with van der Waals surface area (Å²) in [6, 6.07) is 7.25. The van der Waals surface area contributed by atoms with Crippen LogP contribution >= 0.6 is 0 Å². The van der Waals surface area contributed by atoms with Gasteiger partial charge in [0.2, 0.25) is 5.91 Å². The van der Waals surface area contributed by atoms with Crippen molar-refractivity contribution in [3.63, 3.8) is 0 Å². The van der Waals surface area contributed by atoms with Gasteiger partial charge >= 0.3 is 6.18 Å². The number of carbonyl (C=O) groups is 1. The molecule has 0 unspecified atom stereocenters. The smallest absolute Gasteiger partial charge is 0.419 e. The molecule has 37 heavy (non-hydrogen) atoms. The van der Waals surface area contributed by atoms with Crippen LogP contribution in [0.3, 0.4) is 0 Å². The Balaban J connectivity index is 1.27. The van der Waals surface area contributed by atoms with E-state index in [0.717, 1.165) is 31.7 Å². The maximum Gasteiger partial charge on any atom is 0.419 e. The molecule has 1 aliphatic heterocycles. The van der Waals surface area contributed by atoms with Crippen molar-refractivity contribution in [1.82, 2.24) is 24.9 Å². The molecule has 5 rings (SSSR count). The number of pyridine rings is 1. The van der Waals surface area contributed by atoms with Gasteiger partial charge in [-0.3, -0.25) is 4.79 Å². The number of hydrogen-bond donors (Lipinski definition) is 1. The van der Waals surface area contributed by atoms with Gasteiger partial charge in [0.1, 0.15) is 17.3 Å². The van der Waals surface area contributed by atoms with Crippen LogP contribution in [0.5, 0.6) is 5.75 Å². The highest BCUT2D eigenvalue weighted by molar-refractivity contribution is 5.89. The third-order valence-corrected chi connectivity index (χ3v) is 7.19. The number of likely N-dealkylation sites (tertiary alicyclic amines) is 1. The number of alkyl halides is 3. The highest BCUT2D eigenvalue weighted by Crippen LogP contribution is 2.39. The minimum absolute atomic E-state index is 0.00675. The molecule has 194 valence electrons. The molecule has 2 N–H and O–H groups in total.